The molecule has 0 spiro atoms. The maximum Gasteiger partial charge on any atom is 0.338 e. The lowest BCUT2D eigenvalue weighted by molar-refractivity contribution is -0.139. The van der Waals surface area contributed by atoms with E-state index in [4.69, 9.17) is 24.7 Å². The zero-order valence-electron chi connectivity index (χ0n) is 18.3. The van der Waals surface area contributed by atoms with E-state index in [2.05, 4.69) is 37.9 Å². The van der Waals surface area contributed by atoms with Crippen LogP contribution >= 0.6 is 31.9 Å². The summed E-state index contributed by atoms with van der Waals surface area (Å²) in [6.07, 6.45) is 0. The second-order valence-electron chi connectivity index (χ2n) is 7.06. The van der Waals surface area contributed by atoms with Crippen molar-refractivity contribution in [1.29, 1.82) is 5.26 Å². The summed E-state index contributed by atoms with van der Waals surface area (Å²) in [5.74, 6) is -0.219. The number of carbonyl (C=O) groups is 1. The van der Waals surface area contributed by atoms with E-state index < -0.39 is 11.9 Å². The molecule has 2 aromatic carbocycles. The van der Waals surface area contributed by atoms with Gasteiger partial charge in [0, 0.05) is 4.47 Å². The van der Waals surface area contributed by atoms with E-state index in [1.165, 1.54) is 7.11 Å². The van der Waals surface area contributed by atoms with Crippen LogP contribution in [0.4, 0.5) is 0 Å². The van der Waals surface area contributed by atoms with Crippen LogP contribution in [0.2, 0.25) is 0 Å². The van der Waals surface area contributed by atoms with E-state index in [1.54, 1.807) is 26.0 Å². The molecule has 1 atom stereocenters. The van der Waals surface area contributed by atoms with Crippen molar-refractivity contribution in [1.82, 2.24) is 0 Å². The standard InChI is InChI=1S/C24H22Br2N2O5/c1-4-31-24(29)20-13(2)33-23(28)17(11-27)21(20)15-9-18(26)22(19(10-15)30-3)32-12-14-5-7-16(25)8-6-14/h5-10,21H,4,12,28H2,1-3H3. The monoisotopic (exact) mass is 576 g/mol. The van der Waals surface area contributed by atoms with Gasteiger partial charge in [-0.25, -0.2) is 4.79 Å². The summed E-state index contributed by atoms with van der Waals surface area (Å²) in [6.45, 7) is 3.82. The number of esters is 1. The molecule has 3 rings (SSSR count). The van der Waals surface area contributed by atoms with Crippen LogP contribution in [-0.2, 0) is 20.9 Å². The number of ether oxygens (including phenoxy) is 4. The zero-order chi connectivity index (χ0) is 24.1. The van der Waals surface area contributed by atoms with Crippen LogP contribution < -0.4 is 15.2 Å². The third-order valence-corrected chi connectivity index (χ3v) is 6.10. The van der Waals surface area contributed by atoms with Crippen molar-refractivity contribution in [2.24, 2.45) is 5.73 Å². The van der Waals surface area contributed by atoms with Crippen molar-refractivity contribution in [2.45, 2.75) is 26.4 Å². The lowest BCUT2D eigenvalue weighted by Crippen LogP contribution is -2.25. The molecule has 0 saturated heterocycles. The van der Waals surface area contributed by atoms with Gasteiger partial charge in [0.15, 0.2) is 11.5 Å². The number of carbonyl (C=O) groups excluding carboxylic acids is 1. The van der Waals surface area contributed by atoms with E-state index in [0.29, 0.717) is 28.1 Å². The van der Waals surface area contributed by atoms with Crippen LogP contribution in [-0.4, -0.2) is 19.7 Å². The third-order valence-electron chi connectivity index (χ3n) is 4.98. The van der Waals surface area contributed by atoms with Gasteiger partial charge >= 0.3 is 5.97 Å². The fourth-order valence-corrected chi connectivity index (χ4v) is 4.31. The molecule has 0 bridgehead atoms. The minimum Gasteiger partial charge on any atom is -0.493 e. The molecule has 2 aromatic rings. The van der Waals surface area contributed by atoms with E-state index in [0.717, 1.165) is 10.0 Å². The first-order valence-electron chi connectivity index (χ1n) is 10.0. The smallest absolute Gasteiger partial charge is 0.338 e. The van der Waals surface area contributed by atoms with Gasteiger partial charge in [-0.05, 0) is 65.2 Å². The number of allylic oxidation sites excluding steroid dienone is 2. The van der Waals surface area contributed by atoms with Gasteiger partial charge in [0.1, 0.15) is 24.0 Å². The average molecular weight is 578 g/mol. The number of methoxy groups -OCH3 is 1. The average Bonchev–Trinajstić information content (AvgIpc) is 2.78. The number of hydrogen-bond donors (Lipinski definition) is 1. The van der Waals surface area contributed by atoms with Crippen molar-refractivity contribution < 1.29 is 23.7 Å². The number of nitrogens with zero attached hydrogens (tertiary/aromatic N) is 1. The SMILES string of the molecule is CCOC(=O)C1=C(C)OC(N)=C(C#N)C1c1cc(Br)c(OCc2ccc(Br)cc2)c(OC)c1. The first-order valence-corrected chi connectivity index (χ1v) is 11.6. The number of nitriles is 1. The van der Waals surface area contributed by atoms with Gasteiger partial charge < -0.3 is 24.7 Å². The molecule has 1 unspecified atom stereocenters. The fourth-order valence-electron chi connectivity index (χ4n) is 3.47. The van der Waals surface area contributed by atoms with Gasteiger partial charge in [-0.3, -0.25) is 0 Å². The first kappa shape index (κ1) is 24.7. The summed E-state index contributed by atoms with van der Waals surface area (Å²) in [4.78, 5) is 12.7. The fraction of sp³-hybridized carbons (Fsp3) is 0.250. The van der Waals surface area contributed by atoms with Gasteiger partial charge in [0.25, 0.3) is 0 Å². The third kappa shape index (κ3) is 5.34. The molecule has 0 aromatic heterocycles. The molecule has 0 amide bonds. The number of hydrogen-bond acceptors (Lipinski definition) is 7. The number of nitrogens with two attached hydrogens (primary N) is 1. The van der Waals surface area contributed by atoms with Crippen molar-refractivity contribution in [3.8, 4) is 17.6 Å². The molecule has 1 aliphatic rings. The molecule has 1 aliphatic heterocycles. The lowest BCUT2D eigenvalue weighted by atomic mass is 9.83. The minimum absolute atomic E-state index is 0.0568. The Morgan fingerprint density at radius 1 is 1.24 bits per heavy atom. The summed E-state index contributed by atoms with van der Waals surface area (Å²) in [5.41, 5.74) is 7.88. The van der Waals surface area contributed by atoms with Crippen LogP contribution in [0.15, 0.2) is 68.1 Å². The molecule has 9 heteroatoms. The molecule has 0 saturated carbocycles. The zero-order valence-corrected chi connectivity index (χ0v) is 21.4. The van der Waals surface area contributed by atoms with Gasteiger partial charge in [-0.2, -0.15) is 5.26 Å². The van der Waals surface area contributed by atoms with Crippen molar-refractivity contribution in [3.05, 3.63) is 79.3 Å². The summed E-state index contributed by atoms with van der Waals surface area (Å²) in [7, 11) is 1.52. The summed E-state index contributed by atoms with van der Waals surface area (Å²) >= 11 is 6.96. The number of halogens is 2. The number of rotatable bonds is 7. The molecule has 1 heterocycles. The van der Waals surface area contributed by atoms with E-state index >= 15 is 0 Å². The quantitative estimate of drug-likeness (QED) is 0.437. The van der Waals surface area contributed by atoms with Gasteiger partial charge in [0.2, 0.25) is 5.88 Å². The Balaban J connectivity index is 2.03. The van der Waals surface area contributed by atoms with E-state index in [9.17, 15) is 10.1 Å². The normalized spacial score (nSPS) is 15.6. The number of benzene rings is 2. The molecule has 0 aliphatic carbocycles. The van der Waals surface area contributed by atoms with Gasteiger partial charge in [-0.15, -0.1) is 0 Å². The van der Waals surface area contributed by atoms with Crippen molar-refractivity contribution in [2.75, 3.05) is 13.7 Å². The van der Waals surface area contributed by atoms with E-state index in [-0.39, 0.29) is 29.4 Å². The van der Waals surface area contributed by atoms with Crippen LogP contribution in [0.25, 0.3) is 0 Å². The predicted molar refractivity (Wildman–Crippen MR) is 129 cm³/mol. The van der Waals surface area contributed by atoms with Crippen LogP contribution in [0.3, 0.4) is 0 Å². The minimum atomic E-state index is -0.784. The van der Waals surface area contributed by atoms with E-state index in [1.807, 2.05) is 24.3 Å². The molecular formula is C24H22Br2N2O5. The Morgan fingerprint density at radius 3 is 2.55 bits per heavy atom. The highest BCUT2D eigenvalue weighted by atomic mass is 79.9. The van der Waals surface area contributed by atoms with Gasteiger partial charge in [-0.1, -0.05) is 28.1 Å². The predicted octanol–water partition coefficient (Wildman–Crippen LogP) is 5.44. The second-order valence-corrected chi connectivity index (χ2v) is 8.83. The molecule has 172 valence electrons. The van der Waals surface area contributed by atoms with Crippen LogP contribution in [0.1, 0.15) is 30.9 Å². The molecule has 0 radical (unpaired) electrons. The van der Waals surface area contributed by atoms with Crippen LogP contribution in [0, 0.1) is 11.3 Å². The Morgan fingerprint density at radius 2 is 1.94 bits per heavy atom. The highest BCUT2D eigenvalue weighted by Crippen LogP contribution is 2.45. The van der Waals surface area contributed by atoms with Crippen LogP contribution in [0.5, 0.6) is 11.5 Å². The Bertz CT molecular complexity index is 1170. The largest absolute Gasteiger partial charge is 0.493 e. The molecule has 0 fully saturated rings. The highest BCUT2D eigenvalue weighted by molar-refractivity contribution is 9.10. The van der Waals surface area contributed by atoms with Crippen molar-refractivity contribution in [3.63, 3.8) is 0 Å². The topological polar surface area (TPSA) is 104 Å². The maximum absolute atomic E-state index is 12.7. The summed E-state index contributed by atoms with van der Waals surface area (Å²) < 4.78 is 23.9. The Kier molecular flexibility index (Phi) is 8.06. The first-order chi connectivity index (χ1) is 15.8. The maximum atomic E-state index is 12.7. The Hall–Kier alpha value is -2.96. The molecule has 7 nitrogen and oxygen atoms in total. The molecular weight excluding hydrogens is 556 g/mol. The summed E-state index contributed by atoms with van der Waals surface area (Å²) in [6, 6.07) is 13.3. The second kappa shape index (κ2) is 10.8. The van der Waals surface area contributed by atoms with Gasteiger partial charge in [0.05, 0.1) is 29.7 Å². The highest BCUT2D eigenvalue weighted by Gasteiger charge is 2.37. The molecule has 33 heavy (non-hydrogen) atoms. The Labute approximate surface area is 209 Å². The molecule has 2 N–H and O–H groups in total. The summed E-state index contributed by atoms with van der Waals surface area (Å²) in [5, 5.41) is 9.78. The lowest BCUT2D eigenvalue weighted by Gasteiger charge is -2.27. The van der Waals surface area contributed by atoms with Crippen molar-refractivity contribution >= 4 is 37.8 Å².